The summed E-state index contributed by atoms with van der Waals surface area (Å²) in [5.41, 5.74) is 5.89. The molecule has 3 aromatic carbocycles. The molecule has 154 valence electrons. The van der Waals surface area contributed by atoms with Gasteiger partial charge in [-0.2, -0.15) is 0 Å². The molecule has 6 heteroatoms. The van der Waals surface area contributed by atoms with E-state index < -0.39 is 25.2 Å². The quantitative estimate of drug-likeness (QED) is 0.409. The molecular formula is C24H25NO4P+. The summed E-state index contributed by atoms with van der Waals surface area (Å²) in [6.45, 7) is 0. The number of carboxylic acids is 1. The molecule has 0 amide bonds. The van der Waals surface area contributed by atoms with Gasteiger partial charge in [-0.25, -0.2) is 0 Å². The number of ether oxygens (including phenoxy) is 1. The van der Waals surface area contributed by atoms with Gasteiger partial charge in [0.15, 0.2) is 7.26 Å². The Morgan fingerprint density at radius 1 is 0.800 bits per heavy atom. The van der Waals surface area contributed by atoms with Crippen LogP contribution in [0.15, 0.2) is 91.0 Å². The van der Waals surface area contributed by atoms with Gasteiger partial charge in [0.05, 0.1) is 0 Å². The first-order valence-corrected chi connectivity index (χ1v) is 11.7. The van der Waals surface area contributed by atoms with Crippen molar-refractivity contribution in [3.63, 3.8) is 0 Å². The maximum atomic E-state index is 12.6. The number of benzene rings is 3. The fourth-order valence-corrected chi connectivity index (χ4v) is 7.09. The number of hydrogen-bond acceptors (Lipinski definition) is 4. The molecular weight excluding hydrogens is 397 g/mol. The second-order valence-corrected chi connectivity index (χ2v) is 10.4. The summed E-state index contributed by atoms with van der Waals surface area (Å²) >= 11 is 0. The molecule has 0 saturated carbocycles. The van der Waals surface area contributed by atoms with Gasteiger partial charge in [-0.1, -0.05) is 54.6 Å². The normalized spacial score (nSPS) is 12.2. The van der Waals surface area contributed by atoms with Crippen molar-refractivity contribution in [2.24, 2.45) is 5.73 Å². The highest BCUT2D eigenvalue weighted by molar-refractivity contribution is 7.95. The van der Waals surface area contributed by atoms with E-state index in [-0.39, 0.29) is 19.2 Å². The van der Waals surface area contributed by atoms with Gasteiger partial charge in [-0.15, -0.1) is 0 Å². The standard InChI is InChI=1S/C24H24NO4P/c25-22(16-17-23(26)27)24(28)29-18-30(19-10-4-1-5-11-19,20-12-6-2-7-13-20)21-14-8-3-9-15-21/h1-15,22H,16-18,25H2/p+1/t22-/m0/s1. The van der Waals surface area contributed by atoms with Gasteiger partial charge in [0, 0.05) is 6.42 Å². The maximum absolute atomic E-state index is 12.6. The molecule has 0 aromatic heterocycles. The van der Waals surface area contributed by atoms with Crippen LogP contribution < -0.4 is 21.6 Å². The van der Waals surface area contributed by atoms with Crippen LogP contribution in [0.25, 0.3) is 0 Å². The Bertz CT molecular complexity index is 868. The van der Waals surface area contributed by atoms with Crippen molar-refractivity contribution < 1.29 is 19.4 Å². The molecule has 0 saturated heterocycles. The van der Waals surface area contributed by atoms with Crippen LogP contribution in [-0.2, 0) is 14.3 Å². The number of carboxylic acid groups (broad SMARTS) is 1. The van der Waals surface area contributed by atoms with E-state index in [4.69, 9.17) is 15.6 Å². The van der Waals surface area contributed by atoms with Crippen LogP contribution in [0.5, 0.6) is 0 Å². The van der Waals surface area contributed by atoms with E-state index in [1.807, 2.05) is 54.6 Å². The number of nitrogens with two attached hydrogens (primary N) is 1. The molecule has 5 nitrogen and oxygen atoms in total. The lowest BCUT2D eigenvalue weighted by molar-refractivity contribution is -0.143. The number of esters is 1. The van der Waals surface area contributed by atoms with Gasteiger partial charge in [0.25, 0.3) is 0 Å². The molecule has 0 heterocycles. The highest BCUT2D eigenvalue weighted by Gasteiger charge is 2.47. The predicted octanol–water partition coefficient (Wildman–Crippen LogP) is 2.67. The first-order valence-electron chi connectivity index (χ1n) is 9.73. The first kappa shape index (κ1) is 21.7. The number of carbonyl (C=O) groups is 2. The third-order valence-electron chi connectivity index (χ3n) is 4.96. The van der Waals surface area contributed by atoms with E-state index in [2.05, 4.69) is 36.4 Å². The van der Waals surface area contributed by atoms with E-state index in [0.717, 1.165) is 15.9 Å². The van der Waals surface area contributed by atoms with Gasteiger partial charge in [-0.3, -0.25) is 9.59 Å². The van der Waals surface area contributed by atoms with Gasteiger partial charge in [0.1, 0.15) is 22.0 Å². The van der Waals surface area contributed by atoms with Crippen LogP contribution >= 0.6 is 7.26 Å². The van der Waals surface area contributed by atoms with E-state index in [9.17, 15) is 9.59 Å². The molecule has 3 rings (SSSR count). The lowest BCUT2D eigenvalue weighted by Gasteiger charge is -2.27. The summed E-state index contributed by atoms with van der Waals surface area (Å²) in [5, 5.41) is 12.1. The van der Waals surface area contributed by atoms with Crippen molar-refractivity contribution in [3.05, 3.63) is 91.0 Å². The monoisotopic (exact) mass is 422 g/mol. The average Bonchev–Trinajstić information content (AvgIpc) is 2.80. The molecule has 1 atom stereocenters. The van der Waals surface area contributed by atoms with Gasteiger partial charge in [0.2, 0.25) is 6.35 Å². The molecule has 0 bridgehead atoms. The second-order valence-electron chi connectivity index (χ2n) is 6.95. The molecule has 0 fully saturated rings. The number of rotatable bonds is 9. The second kappa shape index (κ2) is 10.1. The minimum absolute atomic E-state index is 0.0433. The zero-order chi connectivity index (χ0) is 21.4. The van der Waals surface area contributed by atoms with Crippen LogP contribution in [0.2, 0.25) is 0 Å². The molecule has 3 aromatic rings. The summed E-state index contributed by atoms with van der Waals surface area (Å²) in [4.78, 5) is 23.4. The topological polar surface area (TPSA) is 89.6 Å². The summed E-state index contributed by atoms with van der Waals surface area (Å²) in [5.74, 6) is -1.57. The van der Waals surface area contributed by atoms with Gasteiger partial charge < -0.3 is 15.6 Å². The smallest absolute Gasteiger partial charge is 0.325 e. The van der Waals surface area contributed by atoms with Crippen molar-refractivity contribution in [1.29, 1.82) is 0 Å². The first-order chi connectivity index (χ1) is 14.5. The number of hydrogen-bond donors (Lipinski definition) is 2. The van der Waals surface area contributed by atoms with E-state index in [1.54, 1.807) is 0 Å². The summed E-state index contributed by atoms with van der Waals surface area (Å²) in [6, 6.07) is 29.2. The predicted molar refractivity (Wildman–Crippen MR) is 121 cm³/mol. The Labute approximate surface area is 176 Å². The fraction of sp³-hybridized carbons (Fsp3) is 0.167. The molecule has 30 heavy (non-hydrogen) atoms. The molecule has 0 radical (unpaired) electrons. The van der Waals surface area contributed by atoms with Crippen LogP contribution in [0.3, 0.4) is 0 Å². The molecule has 0 aliphatic heterocycles. The summed E-state index contributed by atoms with van der Waals surface area (Å²) in [7, 11) is -2.30. The molecule has 3 N–H and O–H groups in total. The SMILES string of the molecule is N[C@@H](CCC(=O)O)C(=O)OC[P+](c1ccccc1)(c1ccccc1)c1ccccc1. The maximum Gasteiger partial charge on any atom is 0.325 e. The number of carbonyl (C=O) groups excluding carboxylic acids is 1. The third-order valence-corrected chi connectivity index (χ3v) is 9.02. The zero-order valence-electron chi connectivity index (χ0n) is 16.6. The molecule has 0 aliphatic carbocycles. The van der Waals surface area contributed by atoms with Crippen LogP contribution in [0.4, 0.5) is 0 Å². The molecule has 0 spiro atoms. The van der Waals surface area contributed by atoms with E-state index >= 15 is 0 Å². The average molecular weight is 422 g/mol. The van der Waals surface area contributed by atoms with Crippen LogP contribution in [-0.4, -0.2) is 29.4 Å². The van der Waals surface area contributed by atoms with E-state index in [0.29, 0.717) is 0 Å². The summed E-state index contributed by atoms with van der Waals surface area (Å²) in [6.07, 6.45) is 0.0267. The van der Waals surface area contributed by atoms with Crippen molar-refractivity contribution in [1.82, 2.24) is 0 Å². The van der Waals surface area contributed by atoms with Crippen molar-refractivity contribution in [2.75, 3.05) is 6.35 Å². The Hall–Kier alpha value is -3.01. The van der Waals surface area contributed by atoms with Gasteiger partial charge in [-0.05, 0) is 42.8 Å². The van der Waals surface area contributed by atoms with E-state index in [1.165, 1.54) is 0 Å². The van der Waals surface area contributed by atoms with Crippen molar-refractivity contribution in [3.8, 4) is 0 Å². The number of aliphatic carboxylic acids is 1. The molecule has 0 aliphatic rings. The lowest BCUT2D eigenvalue weighted by atomic mass is 10.2. The van der Waals surface area contributed by atoms with Gasteiger partial charge >= 0.3 is 11.9 Å². The Balaban J connectivity index is 2.01. The lowest BCUT2D eigenvalue weighted by Crippen LogP contribution is -2.38. The van der Waals surface area contributed by atoms with Crippen LogP contribution in [0.1, 0.15) is 12.8 Å². The fourth-order valence-electron chi connectivity index (χ4n) is 3.38. The van der Waals surface area contributed by atoms with Crippen molar-refractivity contribution in [2.45, 2.75) is 18.9 Å². The van der Waals surface area contributed by atoms with Crippen molar-refractivity contribution >= 4 is 35.1 Å². The zero-order valence-corrected chi connectivity index (χ0v) is 17.4. The summed E-state index contributed by atoms with van der Waals surface area (Å²) < 4.78 is 5.76. The molecule has 0 unspecified atom stereocenters. The Kier molecular flexibility index (Phi) is 7.34. The van der Waals surface area contributed by atoms with Crippen LogP contribution in [0, 0.1) is 0 Å². The minimum Gasteiger partial charge on any atom is -0.481 e. The third kappa shape index (κ3) is 4.93. The Morgan fingerprint density at radius 3 is 1.57 bits per heavy atom. The highest BCUT2D eigenvalue weighted by Crippen LogP contribution is 2.55. The highest BCUT2D eigenvalue weighted by atomic mass is 31.2. The minimum atomic E-state index is -2.30. The Morgan fingerprint density at radius 2 is 1.20 bits per heavy atom. The largest absolute Gasteiger partial charge is 0.481 e.